The molecule has 1 aliphatic rings. The van der Waals surface area contributed by atoms with Crippen LogP contribution >= 0.6 is 11.6 Å². The van der Waals surface area contributed by atoms with Gasteiger partial charge in [0.2, 0.25) is 0 Å². The summed E-state index contributed by atoms with van der Waals surface area (Å²) in [4.78, 5) is 0. The number of nitrogens with one attached hydrogen (secondary N) is 1. The van der Waals surface area contributed by atoms with E-state index in [4.69, 9.17) is 11.6 Å². The molecule has 0 saturated heterocycles. The summed E-state index contributed by atoms with van der Waals surface area (Å²) in [5.74, 6) is 1.38. The summed E-state index contributed by atoms with van der Waals surface area (Å²) in [6, 6.07) is 6.31. The molecule has 0 fully saturated rings. The fraction of sp³-hybridized carbons (Fsp3) is 0.538. The molecule has 15 heavy (non-hydrogen) atoms. The van der Waals surface area contributed by atoms with Crippen molar-refractivity contribution in [2.45, 2.75) is 25.7 Å². The van der Waals surface area contributed by atoms with Gasteiger partial charge in [0.05, 0.1) is 0 Å². The molecule has 1 N–H and O–H groups in total. The van der Waals surface area contributed by atoms with Crippen molar-refractivity contribution in [1.82, 2.24) is 5.32 Å². The van der Waals surface area contributed by atoms with Crippen molar-refractivity contribution in [2.24, 2.45) is 5.92 Å². The summed E-state index contributed by atoms with van der Waals surface area (Å²) in [5.41, 5.74) is 2.83. The molecule has 0 bridgehead atoms. The van der Waals surface area contributed by atoms with Crippen molar-refractivity contribution < 1.29 is 0 Å². The highest BCUT2D eigenvalue weighted by molar-refractivity contribution is 6.31. The third kappa shape index (κ3) is 2.19. The molecule has 2 unspecified atom stereocenters. The van der Waals surface area contributed by atoms with Crippen LogP contribution in [-0.2, 0) is 6.42 Å². The number of benzene rings is 1. The largest absolute Gasteiger partial charge is 0.319 e. The molecule has 0 saturated carbocycles. The molecule has 82 valence electrons. The first-order chi connectivity index (χ1) is 7.22. The molecule has 2 heteroatoms. The second-order valence-corrected chi connectivity index (χ2v) is 5.01. The van der Waals surface area contributed by atoms with E-state index >= 15 is 0 Å². The van der Waals surface area contributed by atoms with E-state index in [0.717, 1.165) is 23.9 Å². The summed E-state index contributed by atoms with van der Waals surface area (Å²) >= 11 is 6.25. The van der Waals surface area contributed by atoms with Gasteiger partial charge in [0.25, 0.3) is 0 Å². The van der Waals surface area contributed by atoms with Gasteiger partial charge >= 0.3 is 0 Å². The highest BCUT2D eigenvalue weighted by atomic mass is 35.5. The van der Waals surface area contributed by atoms with Gasteiger partial charge in [-0.3, -0.25) is 0 Å². The van der Waals surface area contributed by atoms with Crippen LogP contribution in [-0.4, -0.2) is 13.6 Å². The van der Waals surface area contributed by atoms with E-state index in [-0.39, 0.29) is 0 Å². The van der Waals surface area contributed by atoms with Gasteiger partial charge in [-0.25, -0.2) is 0 Å². The first kappa shape index (κ1) is 11.0. The number of rotatable bonds is 2. The average molecular weight is 224 g/mol. The van der Waals surface area contributed by atoms with Crippen molar-refractivity contribution in [3.63, 3.8) is 0 Å². The van der Waals surface area contributed by atoms with Crippen LogP contribution in [0.2, 0.25) is 5.02 Å². The Kier molecular flexibility index (Phi) is 3.32. The SMILES string of the molecule is CNCC1CC(C)Cc2c(Cl)cccc21. The minimum absolute atomic E-state index is 0.632. The van der Waals surface area contributed by atoms with E-state index in [9.17, 15) is 0 Å². The lowest BCUT2D eigenvalue weighted by Crippen LogP contribution is -2.25. The molecule has 0 spiro atoms. The summed E-state index contributed by atoms with van der Waals surface area (Å²) in [5, 5.41) is 4.22. The van der Waals surface area contributed by atoms with Crippen LogP contribution in [0.25, 0.3) is 0 Å². The summed E-state index contributed by atoms with van der Waals surface area (Å²) in [6.07, 6.45) is 2.41. The van der Waals surface area contributed by atoms with Crippen molar-refractivity contribution in [1.29, 1.82) is 0 Å². The number of fused-ring (bicyclic) bond motifs is 1. The molecule has 0 heterocycles. The number of halogens is 1. The Bertz CT molecular complexity index is 348. The van der Waals surface area contributed by atoms with Gasteiger partial charge in [-0.15, -0.1) is 0 Å². The lowest BCUT2D eigenvalue weighted by molar-refractivity contribution is 0.422. The topological polar surface area (TPSA) is 12.0 Å². The first-order valence-corrected chi connectivity index (χ1v) is 6.02. The van der Waals surface area contributed by atoms with Gasteiger partial charge < -0.3 is 5.32 Å². The maximum absolute atomic E-state index is 6.25. The molecule has 1 aliphatic carbocycles. The van der Waals surface area contributed by atoms with E-state index in [1.807, 2.05) is 13.1 Å². The highest BCUT2D eigenvalue weighted by Gasteiger charge is 2.25. The number of hydrogen-bond acceptors (Lipinski definition) is 1. The number of hydrogen-bond donors (Lipinski definition) is 1. The van der Waals surface area contributed by atoms with Gasteiger partial charge in [0.15, 0.2) is 0 Å². The lowest BCUT2D eigenvalue weighted by Gasteiger charge is -2.30. The Morgan fingerprint density at radius 2 is 2.27 bits per heavy atom. The lowest BCUT2D eigenvalue weighted by atomic mass is 9.77. The standard InChI is InChI=1S/C13H18ClN/c1-9-6-10(8-15-2)11-4-3-5-13(14)12(11)7-9/h3-5,9-10,15H,6-8H2,1-2H3. The molecule has 2 atom stereocenters. The zero-order chi connectivity index (χ0) is 10.8. The Hall–Kier alpha value is -0.530. The minimum Gasteiger partial charge on any atom is -0.319 e. The molecular weight excluding hydrogens is 206 g/mol. The maximum atomic E-state index is 6.25. The van der Waals surface area contributed by atoms with Crippen LogP contribution in [0.3, 0.4) is 0 Å². The summed E-state index contributed by atoms with van der Waals surface area (Å²) in [6.45, 7) is 3.37. The van der Waals surface area contributed by atoms with Crippen LogP contribution in [0.1, 0.15) is 30.4 Å². The Morgan fingerprint density at radius 1 is 1.47 bits per heavy atom. The van der Waals surface area contributed by atoms with Crippen LogP contribution < -0.4 is 5.32 Å². The molecule has 1 nitrogen and oxygen atoms in total. The van der Waals surface area contributed by atoms with Crippen LogP contribution in [0.5, 0.6) is 0 Å². The maximum Gasteiger partial charge on any atom is 0.0440 e. The van der Waals surface area contributed by atoms with E-state index in [0.29, 0.717) is 5.92 Å². The van der Waals surface area contributed by atoms with E-state index in [2.05, 4.69) is 24.4 Å². The molecule has 0 aliphatic heterocycles. The second-order valence-electron chi connectivity index (χ2n) is 4.61. The van der Waals surface area contributed by atoms with E-state index in [1.54, 1.807) is 0 Å². The smallest absolute Gasteiger partial charge is 0.0440 e. The van der Waals surface area contributed by atoms with Gasteiger partial charge in [-0.2, -0.15) is 0 Å². The molecular formula is C13H18ClN. The highest BCUT2D eigenvalue weighted by Crippen LogP contribution is 2.37. The predicted octanol–water partition coefficient (Wildman–Crippen LogP) is 3.23. The Labute approximate surface area is 96.8 Å². The molecule has 0 radical (unpaired) electrons. The van der Waals surface area contributed by atoms with Gasteiger partial charge in [-0.05, 0) is 48.9 Å². The molecule has 1 aromatic rings. The molecule has 1 aromatic carbocycles. The van der Waals surface area contributed by atoms with E-state index in [1.165, 1.54) is 17.5 Å². The van der Waals surface area contributed by atoms with Gasteiger partial charge in [0, 0.05) is 11.6 Å². The second kappa shape index (κ2) is 4.54. The van der Waals surface area contributed by atoms with Crippen LogP contribution in [0.4, 0.5) is 0 Å². The summed E-state index contributed by atoms with van der Waals surface area (Å²) in [7, 11) is 2.02. The Balaban J connectivity index is 2.37. The quantitative estimate of drug-likeness (QED) is 0.812. The predicted molar refractivity (Wildman–Crippen MR) is 65.6 cm³/mol. The fourth-order valence-corrected chi connectivity index (χ4v) is 2.92. The van der Waals surface area contributed by atoms with E-state index < -0.39 is 0 Å². The van der Waals surface area contributed by atoms with Crippen molar-refractivity contribution in [3.8, 4) is 0 Å². The third-order valence-electron chi connectivity index (χ3n) is 3.28. The van der Waals surface area contributed by atoms with Crippen LogP contribution in [0.15, 0.2) is 18.2 Å². The molecule has 2 rings (SSSR count). The monoisotopic (exact) mass is 223 g/mol. The first-order valence-electron chi connectivity index (χ1n) is 5.64. The van der Waals surface area contributed by atoms with Gasteiger partial charge in [-0.1, -0.05) is 30.7 Å². The van der Waals surface area contributed by atoms with Crippen molar-refractivity contribution in [3.05, 3.63) is 34.3 Å². The van der Waals surface area contributed by atoms with Crippen molar-refractivity contribution in [2.75, 3.05) is 13.6 Å². The summed E-state index contributed by atoms with van der Waals surface area (Å²) < 4.78 is 0. The fourth-order valence-electron chi connectivity index (χ4n) is 2.66. The van der Waals surface area contributed by atoms with Gasteiger partial charge in [0.1, 0.15) is 0 Å². The minimum atomic E-state index is 0.632. The number of likely N-dealkylation sites (N-methyl/N-ethyl adjacent to an activating group) is 1. The zero-order valence-electron chi connectivity index (χ0n) is 9.39. The van der Waals surface area contributed by atoms with Crippen LogP contribution in [0, 0.1) is 5.92 Å². The average Bonchev–Trinajstić information content (AvgIpc) is 2.20. The Morgan fingerprint density at radius 3 is 3.00 bits per heavy atom. The zero-order valence-corrected chi connectivity index (χ0v) is 10.1. The van der Waals surface area contributed by atoms with Crippen molar-refractivity contribution >= 4 is 11.6 Å². The third-order valence-corrected chi connectivity index (χ3v) is 3.64. The molecule has 0 amide bonds. The molecule has 0 aromatic heterocycles. The normalized spacial score (nSPS) is 25.0.